The first-order valence-corrected chi connectivity index (χ1v) is 12.9. The molecule has 0 radical (unpaired) electrons. The van der Waals surface area contributed by atoms with Crippen molar-refractivity contribution in [3.05, 3.63) is 146 Å². The molecule has 38 heavy (non-hydrogen) atoms. The van der Waals surface area contributed by atoms with Crippen molar-refractivity contribution < 1.29 is 4.42 Å². The molecule has 0 bridgehead atoms. The summed E-state index contributed by atoms with van der Waals surface area (Å²) >= 11 is 0. The molecule has 6 aromatic carbocycles. The Kier molecular flexibility index (Phi) is 5.49. The molecular formula is C36H25NO. The van der Waals surface area contributed by atoms with E-state index in [2.05, 4.69) is 133 Å². The van der Waals surface area contributed by atoms with Gasteiger partial charge in [0.1, 0.15) is 11.2 Å². The smallest absolute Gasteiger partial charge is 0.143 e. The van der Waals surface area contributed by atoms with Gasteiger partial charge in [-0.2, -0.15) is 0 Å². The van der Waals surface area contributed by atoms with Crippen molar-refractivity contribution in [2.75, 3.05) is 5.32 Å². The summed E-state index contributed by atoms with van der Waals surface area (Å²) in [6.45, 7) is 0. The van der Waals surface area contributed by atoms with E-state index < -0.39 is 0 Å². The predicted molar refractivity (Wildman–Crippen MR) is 160 cm³/mol. The van der Waals surface area contributed by atoms with Gasteiger partial charge >= 0.3 is 0 Å². The fraction of sp³-hybridized carbons (Fsp3) is 0. The third kappa shape index (κ3) is 4.03. The second-order valence-corrected chi connectivity index (χ2v) is 9.48. The van der Waals surface area contributed by atoms with E-state index in [4.69, 9.17) is 4.42 Å². The van der Waals surface area contributed by atoms with E-state index in [1.54, 1.807) is 0 Å². The molecule has 7 rings (SSSR count). The van der Waals surface area contributed by atoms with Crippen LogP contribution in [0.25, 0.3) is 55.3 Å². The zero-order valence-electron chi connectivity index (χ0n) is 20.8. The van der Waals surface area contributed by atoms with Crippen LogP contribution in [-0.4, -0.2) is 0 Å². The Morgan fingerprint density at radius 1 is 0.421 bits per heavy atom. The van der Waals surface area contributed by atoms with Gasteiger partial charge in [0.25, 0.3) is 0 Å². The zero-order chi connectivity index (χ0) is 25.3. The molecule has 2 heteroatoms. The maximum Gasteiger partial charge on any atom is 0.143 e. The lowest BCUT2D eigenvalue weighted by Gasteiger charge is -2.14. The van der Waals surface area contributed by atoms with Crippen molar-refractivity contribution >= 4 is 33.3 Å². The summed E-state index contributed by atoms with van der Waals surface area (Å²) in [5.41, 5.74) is 10.9. The fourth-order valence-electron chi connectivity index (χ4n) is 5.21. The molecule has 0 atom stereocenters. The number of furan rings is 1. The van der Waals surface area contributed by atoms with E-state index in [1.807, 2.05) is 18.2 Å². The first kappa shape index (κ1) is 22.1. The van der Waals surface area contributed by atoms with E-state index in [9.17, 15) is 0 Å². The van der Waals surface area contributed by atoms with Crippen LogP contribution in [0, 0.1) is 0 Å². The molecule has 0 aliphatic heterocycles. The molecule has 7 aromatic rings. The predicted octanol–water partition coefficient (Wildman–Crippen LogP) is 10.3. The summed E-state index contributed by atoms with van der Waals surface area (Å²) in [5, 5.41) is 5.96. The van der Waals surface area contributed by atoms with Gasteiger partial charge in [-0.05, 0) is 46.5 Å². The monoisotopic (exact) mass is 487 g/mol. The summed E-state index contributed by atoms with van der Waals surface area (Å²) in [6, 6.07) is 50.8. The van der Waals surface area contributed by atoms with Gasteiger partial charge in [0.15, 0.2) is 0 Å². The normalized spacial score (nSPS) is 11.2. The molecule has 1 heterocycles. The van der Waals surface area contributed by atoms with Crippen molar-refractivity contribution in [2.45, 2.75) is 0 Å². The number of para-hydroxylation sites is 3. The highest BCUT2D eigenvalue weighted by molar-refractivity contribution is 6.09. The second kappa shape index (κ2) is 9.42. The fourth-order valence-corrected chi connectivity index (χ4v) is 5.21. The van der Waals surface area contributed by atoms with Gasteiger partial charge < -0.3 is 9.73 Å². The molecule has 0 aliphatic rings. The topological polar surface area (TPSA) is 25.2 Å². The van der Waals surface area contributed by atoms with E-state index in [0.717, 1.165) is 50.0 Å². The highest BCUT2D eigenvalue weighted by Gasteiger charge is 2.12. The van der Waals surface area contributed by atoms with Crippen LogP contribution in [0.3, 0.4) is 0 Å². The van der Waals surface area contributed by atoms with E-state index in [-0.39, 0.29) is 0 Å². The average Bonchev–Trinajstić information content (AvgIpc) is 3.37. The molecule has 0 unspecified atom stereocenters. The summed E-state index contributed by atoms with van der Waals surface area (Å²) in [5.74, 6) is 0. The Morgan fingerprint density at radius 2 is 1.05 bits per heavy atom. The van der Waals surface area contributed by atoms with Crippen molar-refractivity contribution in [3.63, 3.8) is 0 Å². The van der Waals surface area contributed by atoms with Gasteiger partial charge in [-0.15, -0.1) is 0 Å². The number of nitrogens with one attached hydrogen (secondary N) is 1. The first-order valence-electron chi connectivity index (χ1n) is 12.9. The van der Waals surface area contributed by atoms with Crippen LogP contribution >= 0.6 is 0 Å². The highest BCUT2D eigenvalue weighted by atomic mass is 16.3. The van der Waals surface area contributed by atoms with Crippen molar-refractivity contribution in [1.82, 2.24) is 0 Å². The summed E-state index contributed by atoms with van der Waals surface area (Å²) in [6.07, 6.45) is 0. The Hall–Kier alpha value is -5.08. The highest BCUT2D eigenvalue weighted by Crippen LogP contribution is 2.37. The Balaban J connectivity index is 1.23. The largest absolute Gasteiger partial charge is 0.455 e. The Morgan fingerprint density at radius 3 is 1.95 bits per heavy atom. The molecule has 2 nitrogen and oxygen atoms in total. The number of hydrogen-bond acceptors (Lipinski definition) is 2. The maximum atomic E-state index is 6.29. The van der Waals surface area contributed by atoms with Crippen LogP contribution in [0.4, 0.5) is 11.4 Å². The standard InChI is InChI=1S/C36H25NO/c1-2-10-25(11-3-1)26-20-22-27(23-21-26)30-14-4-6-18-34(30)37-29-13-8-12-28(24-29)31-16-9-17-33-32-15-5-7-19-35(32)38-36(31)33/h1-24,37H. The Labute approximate surface area is 221 Å². The van der Waals surface area contributed by atoms with Crippen molar-refractivity contribution in [2.24, 2.45) is 0 Å². The molecule has 0 saturated carbocycles. The van der Waals surface area contributed by atoms with Crippen LogP contribution in [0.1, 0.15) is 0 Å². The van der Waals surface area contributed by atoms with Crippen LogP contribution in [-0.2, 0) is 0 Å². The molecule has 0 saturated heterocycles. The SMILES string of the molecule is c1ccc(-c2ccc(-c3ccccc3Nc3cccc(-c4cccc5c4oc4ccccc45)c3)cc2)cc1. The lowest BCUT2D eigenvalue weighted by Crippen LogP contribution is -1.94. The number of anilines is 2. The minimum Gasteiger partial charge on any atom is -0.455 e. The number of benzene rings is 6. The lowest BCUT2D eigenvalue weighted by molar-refractivity contribution is 0.670. The van der Waals surface area contributed by atoms with Gasteiger partial charge in [0.05, 0.1) is 0 Å². The molecule has 180 valence electrons. The first-order chi connectivity index (χ1) is 18.8. The molecule has 1 aromatic heterocycles. The molecule has 0 spiro atoms. The molecule has 0 aliphatic carbocycles. The Bertz CT molecular complexity index is 1880. The second-order valence-electron chi connectivity index (χ2n) is 9.48. The van der Waals surface area contributed by atoms with Gasteiger partial charge in [-0.3, -0.25) is 0 Å². The van der Waals surface area contributed by atoms with Crippen LogP contribution in [0.15, 0.2) is 150 Å². The van der Waals surface area contributed by atoms with Crippen molar-refractivity contribution in [1.29, 1.82) is 0 Å². The zero-order valence-corrected chi connectivity index (χ0v) is 20.8. The molecule has 0 fully saturated rings. The molecule has 0 amide bonds. The maximum absolute atomic E-state index is 6.29. The summed E-state index contributed by atoms with van der Waals surface area (Å²) in [7, 11) is 0. The van der Waals surface area contributed by atoms with E-state index in [0.29, 0.717) is 0 Å². The molecule has 1 N–H and O–H groups in total. The summed E-state index contributed by atoms with van der Waals surface area (Å²) < 4.78 is 6.29. The van der Waals surface area contributed by atoms with Crippen LogP contribution in [0.2, 0.25) is 0 Å². The van der Waals surface area contributed by atoms with Crippen LogP contribution in [0.5, 0.6) is 0 Å². The van der Waals surface area contributed by atoms with Gasteiger partial charge in [-0.25, -0.2) is 0 Å². The van der Waals surface area contributed by atoms with Gasteiger partial charge in [0.2, 0.25) is 0 Å². The quantitative estimate of drug-likeness (QED) is 0.261. The molecular weight excluding hydrogens is 462 g/mol. The summed E-state index contributed by atoms with van der Waals surface area (Å²) in [4.78, 5) is 0. The van der Waals surface area contributed by atoms with E-state index in [1.165, 1.54) is 16.7 Å². The van der Waals surface area contributed by atoms with Gasteiger partial charge in [-0.1, -0.05) is 121 Å². The van der Waals surface area contributed by atoms with E-state index >= 15 is 0 Å². The average molecular weight is 488 g/mol. The number of fused-ring (bicyclic) bond motifs is 3. The lowest BCUT2D eigenvalue weighted by atomic mass is 9.99. The third-order valence-electron chi connectivity index (χ3n) is 7.09. The van der Waals surface area contributed by atoms with Crippen LogP contribution < -0.4 is 5.32 Å². The van der Waals surface area contributed by atoms with Crippen molar-refractivity contribution in [3.8, 4) is 33.4 Å². The minimum absolute atomic E-state index is 0.913. The minimum atomic E-state index is 0.913. The number of hydrogen-bond donors (Lipinski definition) is 1. The number of rotatable bonds is 5. The van der Waals surface area contributed by atoms with Gasteiger partial charge in [0, 0.05) is 33.3 Å². The third-order valence-corrected chi connectivity index (χ3v) is 7.09.